The van der Waals surface area contributed by atoms with Crippen LogP contribution in [0.25, 0.3) is 0 Å². The number of hydrogen-bond acceptors (Lipinski definition) is 5. The Labute approximate surface area is 116 Å². The summed E-state index contributed by atoms with van der Waals surface area (Å²) in [6, 6.07) is -1.48. The van der Waals surface area contributed by atoms with E-state index in [0.717, 1.165) is 4.68 Å². The molecule has 1 heterocycles. The predicted octanol–water partition coefficient (Wildman–Crippen LogP) is 0.960. The fourth-order valence-electron chi connectivity index (χ4n) is 1.22. The van der Waals surface area contributed by atoms with E-state index >= 15 is 0 Å². The molecular formula is C9H12BrN5O4. The number of aromatic nitrogens is 2. The number of hydrogen-bond donors (Lipinski definition) is 2. The number of carbonyl (C=O) groups is 2. The molecule has 0 radical (unpaired) electrons. The third-order valence-corrected chi connectivity index (χ3v) is 2.75. The van der Waals surface area contributed by atoms with Gasteiger partial charge in [0.1, 0.15) is 10.5 Å². The molecule has 19 heavy (non-hydrogen) atoms. The van der Waals surface area contributed by atoms with Crippen molar-refractivity contribution < 1.29 is 14.5 Å². The van der Waals surface area contributed by atoms with Crippen molar-refractivity contribution in [2.24, 2.45) is 0 Å². The molecule has 104 valence electrons. The smallest absolute Gasteiger partial charge is 0.358 e. The van der Waals surface area contributed by atoms with Crippen molar-refractivity contribution in [1.29, 1.82) is 0 Å². The van der Waals surface area contributed by atoms with Gasteiger partial charge >= 0.3 is 11.8 Å². The number of imide groups is 1. The zero-order valence-corrected chi connectivity index (χ0v) is 11.8. The maximum absolute atomic E-state index is 11.7. The van der Waals surface area contributed by atoms with Gasteiger partial charge in [0.15, 0.2) is 0 Å². The van der Waals surface area contributed by atoms with Crippen LogP contribution in [0.1, 0.15) is 19.9 Å². The largest absolute Gasteiger partial charge is 0.404 e. The third kappa shape index (κ3) is 3.74. The summed E-state index contributed by atoms with van der Waals surface area (Å²) in [4.78, 5) is 32.8. The van der Waals surface area contributed by atoms with Gasteiger partial charge in [-0.3, -0.25) is 10.1 Å². The molecule has 1 rings (SSSR count). The molecule has 0 aliphatic heterocycles. The molecule has 0 aliphatic rings. The molecule has 0 spiro atoms. The monoisotopic (exact) mass is 333 g/mol. The second kappa shape index (κ2) is 6.27. The highest BCUT2D eigenvalue weighted by atomic mass is 79.9. The first kappa shape index (κ1) is 15.1. The Morgan fingerprint density at radius 1 is 1.63 bits per heavy atom. The van der Waals surface area contributed by atoms with E-state index in [4.69, 9.17) is 0 Å². The standard InChI is InChI=1S/C9H12BrN5O4/c1-3-11-9(17)12-8(16)5(2)14-4-6(10)7(13-14)15(18)19/h4-5H,3H2,1-2H3,(H2,11,12,16,17). The van der Waals surface area contributed by atoms with Gasteiger partial charge in [0.05, 0.1) is 11.3 Å². The van der Waals surface area contributed by atoms with E-state index in [1.807, 2.05) is 0 Å². The Hall–Kier alpha value is -1.97. The average Bonchev–Trinajstić information content (AvgIpc) is 2.70. The zero-order valence-electron chi connectivity index (χ0n) is 10.2. The number of rotatable bonds is 4. The summed E-state index contributed by atoms with van der Waals surface area (Å²) >= 11 is 2.97. The van der Waals surface area contributed by atoms with Gasteiger partial charge in [-0.1, -0.05) is 0 Å². The van der Waals surface area contributed by atoms with Crippen molar-refractivity contribution in [2.45, 2.75) is 19.9 Å². The number of urea groups is 1. The molecule has 0 fully saturated rings. The molecule has 1 unspecified atom stereocenters. The number of nitrogens with one attached hydrogen (secondary N) is 2. The van der Waals surface area contributed by atoms with E-state index in [2.05, 4.69) is 31.7 Å². The molecule has 0 aliphatic carbocycles. The van der Waals surface area contributed by atoms with Gasteiger partial charge in [0.25, 0.3) is 5.91 Å². The maximum atomic E-state index is 11.7. The van der Waals surface area contributed by atoms with Crippen LogP contribution in [0, 0.1) is 10.1 Å². The molecule has 10 heteroatoms. The first-order chi connectivity index (χ1) is 8.86. The van der Waals surface area contributed by atoms with E-state index in [9.17, 15) is 19.7 Å². The lowest BCUT2D eigenvalue weighted by Gasteiger charge is -2.09. The highest BCUT2D eigenvalue weighted by molar-refractivity contribution is 9.10. The van der Waals surface area contributed by atoms with Crippen LogP contribution < -0.4 is 10.6 Å². The van der Waals surface area contributed by atoms with Crippen LogP contribution in [0.4, 0.5) is 10.6 Å². The topological polar surface area (TPSA) is 119 Å². The van der Waals surface area contributed by atoms with Gasteiger partial charge in [0, 0.05) is 6.54 Å². The Kier molecular flexibility index (Phi) is 4.98. The maximum Gasteiger partial charge on any atom is 0.404 e. The van der Waals surface area contributed by atoms with Gasteiger partial charge in [-0.05, 0) is 34.7 Å². The van der Waals surface area contributed by atoms with Crippen molar-refractivity contribution in [3.63, 3.8) is 0 Å². The van der Waals surface area contributed by atoms with E-state index in [1.165, 1.54) is 13.1 Å². The summed E-state index contributed by atoms with van der Waals surface area (Å²) < 4.78 is 1.27. The zero-order chi connectivity index (χ0) is 14.6. The Balaban J connectivity index is 2.80. The van der Waals surface area contributed by atoms with Crippen LogP contribution in [-0.2, 0) is 4.79 Å². The van der Waals surface area contributed by atoms with Gasteiger partial charge in [0.2, 0.25) is 0 Å². The van der Waals surface area contributed by atoms with Crippen LogP contribution in [0.2, 0.25) is 0 Å². The minimum absolute atomic E-state index is 0.162. The molecule has 1 atom stereocenters. The first-order valence-electron chi connectivity index (χ1n) is 5.34. The second-order valence-electron chi connectivity index (χ2n) is 3.56. The molecular weight excluding hydrogens is 322 g/mol. The highest BCUT2D eigenvalue weighted by Crippen LogP contribution is 2.23. The normalized spacial score (nSPS) is 11.7. The summed E-state index contributed by atoms with van der Waals surface area (Å²) in [6.07, 6.45) is 1.31. The molecule has 0 saturated heterocycles. The summed E-state index contributed by atoms with van der Waals surface area (Å²) in [7, 11) is 0. The summed E-state index contributed by atoms with van der Waals surface area (Å²) in [5.74, 6) is -1.01. The fraction of sp³-hybridized carbons (Fsp3) is 0.444. The number of halogens is 1. The molecule has 0 aromatic carbocycles. The summed E-state index contributed by atoms with van der Waals surface area (Å²) in [5, 5.41) is 18.8. The number of nitro groups is 1. The van der Waals surface area contributed by atoms with E-state index < -0.39 is 28.7 Å². The molecule has 1 aromatic rings. The first-order valence-corrected chi connectivity index (χ1v) is 6.13. The van der Waals surface area contributed by atoms with Gasteiger partial charge < -0.3 is 15.4 Å². The minimum Gasteiger partial charge on any atom is -0.358 e. The number of nitrogens with zero attached hydrogens (tertiary/aromatic N) is 3. The quantitative estimate of drug-likeness (QED) is 0.628. The van der Waals surface area contributed by atoms with Crippen LogP contribution in [0.3, 0.4) is 0 Å². The van der Waals surface area contributed by atoms with E-state index in [1.54, 1.807) is 6.92 Å². The lowest BCUT2D eigenvalue weighted by Crippen LogP contribution is -2.42. The van der Waals surface area contributed by atoms with Gasteiger partial charge in [-0.15, -0.1) is 0 Å². The third-order valence-electron chi connectivity index (χ3n) is 2.19. The van der Waals surface area contributed by atoms with Crippen LogP contribution >= 0.6 is 15.9 Å². The van der Waals surface area contributed by atoms with Crippen molar-refractivity contribution in [1.82, 2.24) is 20.4 Å². The van der Waals surface area contributed by atoms with Gasteiger partial charge in [-0.2, -0.15) is 4.68 Å². The minimum atomic E-state index is -0.854. The van der Waals surface area contributed by atoms with Crippen LogP contribution in [0.5, 0.6) is 0 Å². The van der Waals surface area contributed by atoms with Crippen molar-refractivity contribution in [3.8, 4) is 0 Å². The van der Waals surface area contributed by atoms with Crippen molar-refractivity contribution >= 4 is 33.7 Å². The Bertz CT molecular complexity index is 515. The predicted molar refractivity (Wildman–Crippen MR) is 68.5 cm³/mol. The molecule has 3 amide bonds. The van der Waals surface area contributed by atoms with Crippen molar-refractivity contribution in [3.05, 3.63) is 20.8 Å². The van der Waals surface area contributed by atoms with E-state index in [-0.39, 0.29) is 4.47 Å². The number of amides is 3. The summed E-state index contributed by atoms with van der Waals surface area (Å²) in [6.45, 7) is 3.56. The molecule has 1 aromatic heterocycles. The number of carbonyl (C=O) groups excluding carboxylic acids is 2. The Morgan fingerprint density at radius 3 is 2.74 bits per heavy atom. The SMILES string of the molecule is CCNC(=O)NC(=O)C(C)n1cc(Br)c([N+](=O)[O-])n1. The second-order valence-corrected chi connectivity index (χ2v) is 4.42. The fourth-order valence-corrected chi connectivity index (χ4v) is 1.66. The average molecular weight is 334 g/mol. The molecule has 9 nitrogen and oxygen atoms in total. The molecule has 2 N–H and O–H groups in total. The highest BCUT2D eigenvalue weighted by Gasteiger charge is 2.26. The Morgan fingerprint density at radius 2 is 2.26 bits per heavy atom. The van der Waals surface area contributed by atoms with Crippen molar-refractivity contribution in [2.75, 3.05) is 6.54 Å². The van der Waals surface area contributed by atoms with Crippen LogP contribution in [0.15, 0.2) is 10.7 Å². The van der Waals surface area contributed by atoms with E-state index in [0.29, 0.717) is 6.54 Å². The molecule has 0 saturated carbocycles. The lowest BCUT2D eigenvalue weighted by atomic mass is 10.3. The van der Waals surface area contributed by atoms with Gasteiger partial charge in [-0.25, -0.2) is 4.79 Å². The summed E-state index contributed by atoms with van der Waals surface area (Å²) in [5.41, 5.74) is 0. The lowest BCUT2D eigenvalue weighted by molar-refractivity contribution is -0.390. The van der Waals surface area contributed by atoms with Crippen LogP contribution in [-0.4, -0.2) is 33.2 Å². The molecule has 0 bridgehead atoms.